The topological polar surface area (TPSA) is 60.2 Å². The Morgan fingerprint density at radius 2 is 2.28 bits per heavy atom. The van der Waals surface area contributed by atoms with Crippen molar-refractivity contribution in [2.75, 3.05) is 11.9 Å². The van der Waals surface area contributed by atoms with Gasteiger partial charge in [0, 0.05) is 6.07 Å². The van der Waals surface area contributed by atoms with Gasteiger partial charge in [-0.1, -0.05) is 6.07 Å². The Morgan fingerprint density at radius 3 is 2.94 bits per heavy atom. The third-order valence-electron chi connectivity index (χ3n) is 2.39. The Bertz CT molecular complexity index is 510. The van der Waals surface area contributed by atoms with E-state index in [0.717, 1.165) is 11.6 Å². The minimum Gasteiger partial charge on any atom is -0.478 e. The maximum Gasteiger partial charge on any atom is 0.216 e. The van der Waals surface area contributed by atoms with Crippen molar-refractivity contribution >= 4 is 5.82 Å². The van der Waals surface area contributed by atoms with Gasteiger partial charge in [-0.05, 0) is 26.8 Å². The van der Waals surface area contributed by atoms with Gasteiger partial charge in [0.15, 0.2) is 0 Å². The molecule has 2 aromatic heterocycles. The first-order valence-corrected chi connectivity index (χ1v) is 5.97. The van der Waals surface area contributed by atoms with E-state index in [1.165, 1.54) is 0 Å². The molecule has 96 valence electrons. The molecule has 0 saturated heterocycles. The van der Waals surface area contributed by atoms with Crippen LogP contribution in [-0.4, -0.2) is 16.6 Å². The molecule has 0 aliphatic rings. The lowest BCUT2D eigenvalue weighted by atomic mass is 10.3. The van der Waals surface area contributed by atoms with Gasteiger partial charge in [0.05, 0.1) is 12.8 Å². The summed E-state index contributed by atoms with van der Waals surface area (Å²) in [4.78, 5) is 8.51. The predicted molar refractivity (Wildman–Crippen MR) is 68.7 cm³/mol. The molecular weight excluding hydrogens is 230 g/mol. The molecule has 0 aliphatic carbocycles. The van der Waals surface area contributed by atoms with Gasteiger partial charge in [-0.25, -0.2) is 4.98 Å². The van der Waals surface area contributed by atoms with E-state index in [4.69, 9.17) is 9.15 Å². The molecular formula is C13H17N3O2. The molecule has 0 aromatic carbocycles. The Kier molecular flexibility index (Phi) is 3.82. The Labute approximate surface area is 106 Å². The molecule has 2 rings (SSSR count). The van der Waals surface area contributed by atoms with Gasteiger partial charge in [0.25, 0.3) is 0 Å². The zero-order valence-electron chi connectivity index (χ0n) is 10.8. The highest BCUT2D eigenvalue weighted by Gasteiger charge is 2.11. The van der Waals surface area contributed by atoms with Crippen molar-refractivity contribution in [3.8, 4) is 5.88 Å². The molecule has 0 spiro atoms. The Balaban J connectivity index is 2.06. The number of oxazole rings is 1. The Hall–Kier alpha value is -2.04. The van der Waals surface area contributed by atoms with Crippen LogP contribution in [0.2, 0.25) is 0 Å². The smallest absolute Gasteiger partial charge is 0.216 e. The van der Waals surface area contributed by atoms with Gasteiger partial charge < -0.3 is 14.5 Å². The molecule has 18 heavy (non-hydrogen) atoms. The van der Waals surface area contributed by atoms with Crippen molar-refractivity contribution < 1.29 is 9.15 Å². The lowest BCUT2D eigenvalue weighted by Crippen LogP contribution is -2.08. The minimum absolute atomic E-state index is 0.0388. The summed E-state index contributed by atoms with van der Waals surface area (Å²) in [6.45, 7) is 6.38. The van der Waals surface area contributed by atoms with Gasteiger partial charge >= 0.3 is 0 Å². The normalized spacial score (nSPS) is 12.2. The second-order valence-electron chi connectivity index (χ2n) is 3.97. The fourth-order valence-electron chi connectivity index (χ4n) is 1.58. The average molecular weight is 247 g/mol. The molecule has 1 unspecified atom stereocenters. The second kappa shape index (κ2) is 5.53. The van der Waals surface area contributed by atoms with E-state index in [0.29, 0.717) is 18.4 Å². The van der Waals surface area contributed by atoms with Crippen LogP contribution in [0.5, 0.6) is 5.88 Å². The highest BCUT2D eigenvalue weighted by molar-refractivity contribution is 5.38. The molecule has 2 aromatic rings. The van der Waals surface area contributed by atoms with Crippen molar-refractivity contribution in [2.45, 2.75) is 26.8 Å². The van der Waals surface area contributed by atoms with E-state index in [1.54, 1.807) is 6.20 Å². The lowest BCUT2D eigenvalue weighted by Gasteiger charge is -2.11. The first kappa shape index (κ1) is 12.4. The molecule has 1 N–H and O–H groups in total. The van der Waals surface area contributed by atoms with Crippen molar-refractivity contribution in [1.29, 1.82) is 0 Å². The summed E-state index contributed by atoms with van der Waals surface area (Å²) in [6, 6.07) is 5.57. The van der Waals surface area contributed by atoms with Crippen LogP contribution in [0, 0.1) is 6.92 Å². The van der Waals surface area contributed by atoms with E-state index in [2.05, 4.69) is 15.3 Å². The van der Waals surface area contributed by atoms with Crippen molar-refractivity contribution in [1.82, 2.24) is 9.97 Å². The van der Waals surface area contributed by atoms with Crippen LogP contribution in [0.1, 0.15) is 31.5 Å². The zero-order chi connectivity index (χ0) is 13.0. The molecule has 1 atom stereocenters. The Morgan fingerprint density at radius 1 is 1.44 bits per heavy atom. The van der Waals surface area contributed by atoms with E-state index in [1.807, 2.05) is 39.0 Å². The number of nitrogens with one attached hydrogen (secondary N) is 1. The van der Waals surface area contributed by atoms with Gasteiger partial charge in [0.1, 0.15) is 17.6 Å². The third kappa shape index (κ3) is 3.00. The van der Waals surface area contributed by atoms with Gasteiger partial charge in [0.2, 0.25) is 11.8 Å². The van der Waals surface area contributed by atoms with Crippen LogP contribution in [0.4, 0.5) is 5.82 Å². The van der Waals surface area contributed by atoms with Crippen molar-refractivity contribution in [3.05, 3.63) is 36.0 Å². The van der Waals surface area contributed by atoms with E-state index in [-0.39, 0.29) is 6.04 Å². The molecule has 0 fully saturated rings. The van der Waals surface area contributed by atoms with Crippen molar-refractivity contribution in [2.24, 2.45) is 0 Å². The standard InChI is InChI=1S/C13H17N3O2/c1-4-17-12-7-5-6-11(16-12)15-10(3)13-14-8-9(2)18-13/h5-8,10H,4H2,1-3H3,(H,15,16). The first-order chi connectivity index (χ1) is 8.69. The van der Waals surface area contributed by atoms with E-state index < -0.39 is 0 Å². The molecule has 5 nitrogen and oxygen atoms in total. The number of aryl methyl sites for hydroxylation is 1. The summed E-state index contributed by atoms with van der Waals surface area (Å²) in [5, 5.41) is 3.22. The van der Waals surface area contributed by atoms with Gasteiger partial charge in [-0.3, -0.25) is 0 Å². The number of rotatable bonds is 5. The lowest BCUT2D eigenvalue weighted by molar-refractivity contribution is 0.327. The number of hydrogen-bond donors (Lipinski definition) is 1. The molecule has 2 heterocycles. The largest absolute Gasteiger partial charge is 0.478 e. The number of nitrogens with zero attached hydrogens (tertiary/aromatic N) is 2. The monoisotopic (exact) mass is 247 g/mol. The van der Waals surface area contributed by atoms with Crippen LogP contribution in [0.15, 0.2) is 28.8 Å². The fraction of sp³-hybridized carbons (Fsp3) is 0.385. The first-order valence-electron chi connectivity index (χ1n) is 5.97. The van der Waals surface area contributed by atoms with Gasteiger partial charge in [-0.15, -0.1) is 0 Å². The summed E-state index contributed by atoms with van der Waals surface area (Å²) in [5.74, 6) is 2.80. The molecule has 0 saturated carbocycles. The predicted octanol–water partition coefficient (Wildman–Crippen LogP) is 2.95. The molecule has 0 bridgehead atoms. The summed E-state index contributed by atoms with van der Waals surface area (Å²) in [6.07, 6.45) is 1.71. The molecule has 0 radical (unpaired) electrons. The molecule has 0 amide bonds. The third-order valence-corrected chi connectivity index (χ3v) is 2.39. The molecule has 5 heteroatoms. The highest BCUT2D eigenvalue weighted by atomic mass is 16.5. The fourth-order valence-corrected chi connectivity index (χ4v) is 1.58. The van der Waals surface area contributed by atoms with Crippen LogP contribution < -0.4 is 10.1 Å². The summed E-state index contributed by atoms with van der Waals surface area (Å²) in [7, 11) is 0. The second-order valence-corrected chi connectivity index (χ2v) is 3.97. The number of ether oxygens (including phenoxy) is 1. The van der Waals surface area contributed by atoms with Crippen molar-refractivity contribution in [3.63, 3.8) is 0 Å². The van der Waals surface area contributed by atoms with Crippen LogP contribution >= 0.6 is 0 Å². The van der Waals surface area contributed by atoms with Crippen LogP contribution in [0.3, 0.4) is 0 Å². The maximum atomic E-state index is 5.46. The number of aromatic nitrogens is 2. The SMILES string of the molecule is CCOc1cccc(NC(C)c2ncc(C)o2)n1. The summed E-state index contributed by atoms with van der Waals surface area (Å²) < 4.78 is 10.8. The number of pyridine rings is 1. The molecule has 0 aliphatic heterocycles. The highest BCUT2D eigenvalue weighted by Crippen LogP contribution is 2.19. The maximum absolute atomic E-state index is 5.46. The van der Waals surface area contributed by atoms with E-state index >= 15 is 0 Å². The van der Waals surface area contributed by atoms with Gasteiger partial charge in [-0.2, -0.15) is 4.98 Å². The quantitative estimate of drug-likeness (QED) is 0.880. The summed E-state index contributed by atoms with van der Waals surface area (Å²) in [5.41, 5.74) is 0. The minimum atomic E-state index is -0.0388. The average Bonchev–Trinajstić information content (AvgIpc) is 2.77. The summed E-state index contributed by atoms with van der Waals surface area (Å²) >= 11 is 0. The number of hydrogen-bond acceptors (Lipinski definition) is 5. The zero-order valence-corrected chi connectivity index (χ0v) is 10.8. The van der Waals surface area contributed by atoms with Crippen LogP contribution in [-0.2, 0) is 0 Å². The van der Waals surface area contributed by atoms with E-state index in [9.17, 15) is 0 Å². The number of anilines is 1. The van der Waals surface area contributed by atoms with Crippen LogP contribution in [0.25, 0.3) is 0 Å².